The van der Waals surface area contributed by atoms with Gasteiger partial charge in [-0.25, -0.2) is 18.4 Å². The number of ether oxygens (including phenoxy) is 1. The first-order valence-electron chi connectivity index (χ1n) is 6.67. The first kappa shape index (κ1) is 18.6. The number of carbonyl (C=O) groups is 1. The zero-order valence-electron chi connectivity index (χ0n) is 12.5. The molecule has 0 bridgehead atoms. The fraction of sp³-hybridized carbons (Fsp3) is 0.0714. The van der Waals surface area contributed by atoms with Crippen LogP contribution in [-0.4, -0.2) is 19.4 Å². The second kappa shape index (κ2) is 7.47. The van der Waals surface area contributed by atoms with Crippen LogP contribution in [-0.2, 0) is 21.4 Å². The smallest absolute Gasteiger partial charge is 0.412 e. The molecule has 0 heterocycles. The number of nitrogens with zero attached hydrogens (tertiary/aromatic N) is 1. The van der Waals surface area contributed by atoms with Crippen molar-refractivity contribution in [2.75, 3.05) is 5.32 Å². The summed E-state index contributed by atoms with van der Waals surface area (Å²) >= 11 is 5.77. The molecule has 2 aromatic rings. The van der Waals surface area contributed by atoms with E-state index in [1.54, 1.807) is 30.3 Å². The molecule has 25 heavy (non-hydrogen) atoms. The lowest BCUT2D eigenvalue weighted by molar-refractivity contribution is -0.384. The number of benzene rings is 2. The molecule has 0 aliphatic rings. The highest BCUT2D eigenvalue weighted by Gasteiger charge is 2.24. The number of sulfonamides is 1. The summed E-state index contributed by atoms with van der Waals surface area (Å²) in [7, 11) is -4.26. The molecule has 0 spiro atoms. The normalized spacial score (nSPS) is 11.0. The molecular formula is C14H12ClN3O6S. The molecule has 11 heteroatoms. The third kappa shape index (κ3) is 4.89. The molecule has 1 amide bonds. The lowest BCUT2D eigenvalue weighted by atomic mass is 10.2. The van der Waals surface area contributed by atoms with Crippen LogP contribution in [0.2, 0.25) is 5.02 Å². The third-order valence-electron chi connectivity index (χ3n) is 3.00. The summed E-state index contributed by atoms with van der Waals surface area (Å²) in [4.78, 5) is 21.4. The standard InChI is InChI=1S/C14H12ClN3O6S/c15-10-6-11(12(18(20)21)7-13(10)25(16,22)23)17-14(19)24-8-9-4-2-1-3-5-9/h1-7H,8H2,(H,17,19)(H2,16,22,23). The van der Waals surface area contributed by atoms with Gasteiger partial charge < -0.3 is 4.74 Å². The van der Waals surface area contributed by atoms with Crippen molar-refractivity contribution < 1.29 is 22.9 Å². The Kier molecular flexibility index (Phi) is 5.57. The van der Waals surface area contributed by atoms with Gasteiger partial charge in [0, 0.05) is 6.07 Å². The zero-order valence-corrected chi connectivity index (χ0v) is 14.1. The van der Waals surface area contributed by atoms with Crippen molar-refractivity contribution in [3.8, 4) is 0 Å². The maximum absolute atomic E-state index is 11.8. The molecule has 0 aliphatic heterocycles. The second-order valence-corrected chi connectivity index (χ2v) is 6.73. The lowest BCUT2D eigenvalue weighted by Crippen LogP contribution is -2.16. The predicted octanol–water partition coefficient (Wildman–Crippen LogP) is 2.64. The molecule has 0 unspecified atom stereocenters. The van der Waals surface area contributed by atoms with E-state index in [4.69, 9.17) is 21.5 Å². The van der Waals surface area contributed by atoms with Gasteiger partial charge >= 0.3 is 6.09 Å². The number of hydrogen-bond donors (Lipinski definition) is 2. The van der Waals surface area contributed by atoms with Crippen LogP contribution in [0.25, 0.3) is 0 Å². The summed E-state index contributed by atoms with van der Waals surface area (Å²) in [5.41, 5.74) is -0.291. The number of nitro benzene ring substituents is 1. The van der Waals surface area contributed by atoms with E-state index in [2.05, 4.69) is 5.32 Å². The topological polar surface area (TPSA) is 142 Å². The quantitative estimate of drug-likeness (QED) is 0.598. The number of amides is 1. The van der Waals surface area contributed by atoms with Gasteiger partial charge in [-0.15, -0.1) is 0 Å². The molecule has 2 rings (SSSR count). The van der Waals surface area contributed by atoms with E-state index in [0.29, 0.717) is 6.07 Å². The van der Waals surface area contributed by atoms with E-state index in [-0.39, 0.29) is 17.3 Å². The van der Waals surface area contributed by atoms with Crippen molar-refractivity contribution in [3.05, 3.63) is 63.2 Å². The van der Waals surface area contributed by atoms with Gasteiger partial charge in [0.05, 0.1) is 9.95 Å². The van der Waals surface area contributed by atoms with Crippen LogP contribution >= 0.6 is 11.6 Å². The number of carbonyl (C=O) groups excluding carboxylic acids is 1. The summed E-state index contributed by atoms with van der Waals surface area (Å²) in [6.45, 7) is -0.0521. The monoisotopic (exact) mass is 385 g/mol. The Hall–Kier alpha value is -2.69. The highest BCUT2D eigenvalue weighted by molar-refractivity contribution is 7.89. The number of nitro groups is 1. The summed E-state index contributed by atoms with van der Waals surface area (Å²) in [6.07, 6.45) is -0.966. The Bertz CT molecular complexity index is 918. The van der Waals surface area contributed by atoms with E-state index >= 15 is 0 Å². The number of anilines is 1. The number of primary sulfonamides is 1. The number of nitrogens with two attached hydrogens (primary N) is 1. The predicted molar refractivity (Wildman–Crippen MR) is 89.7 cm³/mol. The van der Waals surface area contributed by atoms with Gasteiger partial charge in [-0.05, 0) is 11.6 Å². The highest BCUT2D eigenvalue weighted by atomic mass is 35.5. The molecule has 0 fully saturated rings. The van der Waals surface area contributed by atoms with Crippen LogP contribution in [0.15, 0.2) is 47.4 Å². The van der Waals surface area contributed by atoms with Crippen LogP contribution in [0.5, 0.6) is 0 Å². The zero-order chi connectivity index (χ0) is 18.6. The Morgan fingerprint density at radius 3 is 2.48 bits per heavy atom. The summed E-state index contributed by atoms with van der Waals surface area (Å²) in [5, 5.41) is 17.8. The van der Waals surface area contributed by atoms with Crippen molar-refractivity contribution in [1.29, 1.82) is 0 Å². The van der Waals surface area contributed by atoms with Crippen molar-refractivity contribution >= 4 is 39.1 Å². The molecule has 0 atom stereocenters. The van der Waals surface area contributed by atoms with Crippen LogP contribution < -0.4 is 10.5 Å². The molecule has 132 valence electrons. The minimum atomic E-state index is -4.26. The van der Waals surface area contributed by atoms with Crippen molar-refractivity contribution in [2.24, 2.45) is 5.14 Å². The number of nitrogens with one attached hydrogen (secondary N) is 1. The van der Waals surface area contributed by atoms with Gasteiger partial charge in [0.25, 0.3) is 5.69 Å². The minimum Gasteiger partial charge on any atom is -0.444 e. The van der Waals surface area contributed by atoms with Crippen LogP contribution in [0.1, 0.15) is 5.56 Å². The maximum Gasteiger partial charge on any atom is 0.412 e. The molecule has 0 radical (unpaired) electrons. The van der Waals surface area contributed by atoms with Crippen LogP contribution in [0.4, 0.5) is 16.2 Å². The SMILES string of the molecule is NS(=O)(=O)c1cc([N+](=O)[O-])c(NC(=O)OCc2ccccc2)cc1Cl. The average Bonchev–Trinajstić information content (AvgIpc) is 2.52. The first-order chi connectivity index (χ1) is 11.7. The lowest BCUT2D eigenvalue weighted by Gasteiger charge is -2.09. The fourth-order valence-corrected chi connectivity index (χ4v) is 2.97. The van der Waals surface area contributed by atoms with E-state index in [9.17, 15) is 23.3 Å². The number of rotatable bonds is 5. The Balaban J connectivity index is 2.22. The minimum absolute atomic E-state index is 0.0521. The van der Waals surface area contributed by atoms with E-state index < -0.39 is 31.6 Å². The molecule has 9 nitrogen and oxygen atoms in total. The van der Waals surface area contributed by atoms with Crippen molar-refractivity contribution in [1.82, 2.24) is 0 Å². The second-order valence-electron chi connectivity index (χ2n) is 4.79. The van der Waals surface area contributed by atoms with Gasteiger partial charge in [0.15, 0.2) is 0 Å². The van der Waals surface area contributed by atoms with E-state index in [1.165, 1.54) is 0 Å². The highest BCUT2D eigenvalue weighted by Crippen LogP contribution is 2.33. The van der Waals surface area contributed by atoms with Crippen molar-refractivity contribution in [3.63, 3.8) is 0 Å². The van der Waals surface area contributed by atoms with Gasteiger partial charge in [-0.2, -0.15) is 0 Å². The molecule has 2 aromatic carbocycles. The maximum atomic E-state index is 11.8. The Morgan fingerprint density at radius 2 is 1.92 bits per heavy atom. The van der Waals surface area contributed by atoms with Gasteiger partial charge in [-0.1, -0.05) is 41.9 Å². The van der Waals surface area contributed by atoms with Crippen LogP contribution in [0, 0.1) is 10.1 Å². The molecule has 0 aliphatic carbocycles. The molecular weight excluding hydrogens is 374 g/mol. The fourth-order valence-electron chi connectivity index (χ4n) is 1.88. The summed E-state index contributed by atoms with van der Waals surface area (Å²) in [6, 6.07) is 10.4. The molecule has 0 saturated carbocycles. The number of halogens is 1. The largest absolute Gasteiger partial charge is 0.444 e. The Morgan fingerprint density at radius 1 is 1.28 bits per heavy atom. The van der Waals surface area contributed by atoms with Gasteiger partial charge in [0.1, 0.15) is 17.2 Å². The van der Waals surface area contributed by atoms with Crippen molar-refractivity contribution in [2.45, 2.75) is 11.5 Å². The summed E-state index contributed by atoms with van der Waals surface area (Å²) < 4.78 is 27.7. The van der Waals surface area contributed by atoms with Crippen LogP contribution in [0.3, 0.4) is 0 Å². The van der Waals surface area contributed by atoms with Gasteiger partial charge in [0.2, 0.25) is 10.0 Å². The third-order valence-corrected chi connectivity index (χ3v) is 4.38. The van der Waals surface area contributed by atoms with Gasteiger partial charge in [-0.3, -0.25) is 15.4 Å². The number of hydrogen-bond acceptors (Lipinski definition) is 6. The molecule has 0 saturated heterocycles. The molecule has 0 aromatic heterocycles. The molecule has 3 N–H and O–H groups in total. The first-order valence-corrected chi connectivity index (χ1v) is 8.59. The average molecular weight is 386 g/mol. The van der Waals surface area contributed by atoms with E-state index in [1.807, 2.05) is 0 Å². The Labute approximate surface area is 147 Å². The van der Waals surface area contributed by atoms with E-state index in [0.717, 1.165) is 11.6 Å². The summed E-state index contributed by atoms with van der Waals surface area (Å²) in [5.74, 6) is 0.